The van der Waals surface area contributed by atoms with Crippen LogP contribution in [0.25, 0.3) is 0 Å². The average Bonchev–Trinajstić information content (AvgIpc) is 2.84. The van der Waals surface area contributed by atoms with Gasteiger partial charge in [-0.3, -0.25) is 14.8 Å². The van der Waals surface area contributed by atoms with Crippen molar-refractivity contribution in [2.24, 2.45) is 0 Å². The Labute approximate surface area is 157 Å². The highest BCUT2D eigenvalue weighted by molar-refractivity contribution is 9.10. The third-order valence-corrected chi connectivity index (χ3v) is 4.05. The number of halogens is 1. The Hall–Kier alpha value is -2.93. The van der Waals surface area contributed by atoms with E-state index >= 15 is 0 Å². The predicted octanol–water partition coefficient (Wildman–Crippen LogP) is 3.05. The maximum atomic E-state index is 12.3. The van der Waals surface area contributed by atoms with Crippen LogP contribution in [0.2, 0.25) is 0 Å². The van der Waals surface area contributed by atoms with Gasteiger partial charge in [-0.25, -0.2) is 4.79 Å². The van der Waals surface area contributed by atoms with Crippen molar-refractivity contribution >= 4 is 27.6 Å². The van der Waals surface area contributed by atoms with E-state index in [4.69, 9.17) is 14.7 Å². The van der Waals surface area contributed by atoms with Gasteiger partial charge in [-0.15, -0.1) is 0 Å². The standard InChI is InChI=1S/C16H15BrN4O5/c1-4-25-13-6-11(7-18)5-12(17)16(13)26-14(22)8-20-10(3)15(21(23)24)9(2)19-20/h5-6H,4,8H2,1-3H3. The number of aryl methyl sites for hydroxylation is 1. The normalized spacial score (nSPS) is 10.3. The van der Waals surface area contributed by atoms with Crippen molar-refractivity contribution in [3.8, 4) is 17.6 Å². The van der Waals surface area contributed by atoms with E-state index < -0.39 is 10.9 Å². The summed E-state index contributed by atoms with van der Waals surface area (Å²) in [4.78, 5) is 22.8. The van der Waals surface area contributed by atoms with Crippen molar-refractivity contribution in [3.05, 3.63) is 43.7 Å². The lowest BCUT2D eigenvalue weighted by Gasteiger charge is -2.13. The van der Waals surface area contributed by atoms with Crippen LogP contribution < -0.4 is 9.47 Å². The second-order valence-corrected chi connectivity index (χ2v) is 6.09. The number of carbonyl (C=O) groups excluding carboxylic acids is 1. The van der Waals surface area contributed by atoms with Gasteiger partial charge in [0.2, 0.25) is 0 Å². The number of nitriles is 1. The third kappa shape index (κ3) is 4.00. The van der Waals surface area contributed by atoms with Crippen LogP contribution in [0.3, 0.4) is 0 Å². The highest BCUT2D eigenvalue weighted by atomic mass is 79.9. The Morgan fingerprint density at radius 2 is 2.15 bits per heavy atom. The number of hydrogen-bond acceptors (Lipinski definition) is 7. The zero-order chi connectivity index (χ0) is 19.4. The largest absolute Gasteiger partial charge is 0.490 e. The van der Waals surface area contributed by atoms with Crippen LogP contribution in [0.5, 0.6) is 11.5 Å². The van der Waals surface area contributed by atoms with Gasteiger partial charge in [0.05, 0.1) is 27.6 Å². The molecular weight excluding hydrogens is 408 g/mol. The van der Waals surface area contributed by atoms with E-state index in [0.717, 1.165) is 0 Å². The highest BCUT2D eigenvalue weighted by Crippen LogP contribution is 2.37. The molecule has 0 radical (unpaired) electrons. The number of carbonyl (C=O) groups is 1. The first-order valence-electron chi connectivity index (χ1n) is 7.54. The fraction of sp³-hybridized carbons (Fsp3) is 0.312. The van der Waals surface area contributed by atoms with Gasteiger partial charge in [-0.05, 0) is 42.8 Å². The number of hydrogen-bond donors (Lipinski definition) is 0. The maximum Gasteiger partial charge on any atom is 0.333 e. The van der Waals surface area contributed by atoms with Gasteiger partial charge in [0, 0.05) is 6.07 Å². The van der Waals surface area contributed by atoms with Crippen molar-refractivity contribution in [1.82, 2.24) is 9.78 Å². The van der Waals surface area contributed by atoms with E-state index in [9.17, 15) is 14.9 Å². The van der Waals surface area contributed by atoms with E-state index in [1.165, 1.54) is 30.7 Å². The molecule has 136 valence electrons. The summed E-state index contributed by atoms with van der Waals surface area (Å²) in [7, 11) is 0. The number of ether oxygens (including phenoxy) is 2. The van der Waals surface area contributed by atoms with Crippen molar-refractivity contribution in [2.45, 2.75) is 27.3 Å². The summed E-state index contributed by atoms with van der Waals surface area (Å²) < 4.78 is 12.4. The quantitative estimate of drug-likeness (QED) is 0.303. The highest BCUT2D eigenvalue weighted by Gasteiger charge is 2.24. The summed E-state index contributed by atoms with van der Waals surface area (Å²) in [6, 6.07) is 4.95. The van der Waals surface area contributed by atoms with Crippen molar-refractivity contribution in [3.63, 3.8) is 0 Å². The summed E-state index contributed by atoms with van der Waals surface area (Å²) in [5, 5.41) is 24.1. The molecule has 0 spiro atoms. The molecule has 10 heteroatoms. The summed E-state index contributed by atoms with van der Waals surface area (Å²) in [5.74, 6) is -0.310. The minimum atomic E-state index is -0.683. The molecule has 0 aliphatic rings. The smallest absolute Gasteiger partial charge is 0.333 e. The summed E-state index contributed by atoms with van der Waals surface area (Å²) in [5.41, 5.74) is 0.685. The Morgan fingerprint density at radius 1 is 1.46 bits per heavy atom. The van der Waals surface area contributed by atoms with Crippen LogP contribution in [-0.4, -0.2) is 27.3 Å². The first-order valence-corrected chi connectivity index (χ1v) is 8.33. The second-order valence-electron chi connectivity index (χ2n) is 5.24. The molecule has 0 amide bonds. The van der Waals surface area contributed by atoms with Gasteiger partial charge in [-0.1, -0.05) is 0 Å². The Balaban J connectivity index is 2.27. The van der Waals surface area contributed by atoms with Crippen molar-refractivity contribution in [2.75, 3.05) is 6.61 Å². The molecule has 0 aliphatic heterocycles. The van der Waals surface area contributed by atoms with Crippen LogP contribution in [-0.2, 0) is 11.3 Å². The van der Waals surface area contributed by atoms with Gasteiger partial charge in [-0.2, -0.15) is 10.4 Å². The molecule has 0 fully saturated rings. The van der Waals surface area contributed by atoms with Crippen LogP contribution in [0.4, 0.5) is 5.69 Å². The Kier molecular flexibility index (Phi) is 5.94. The van der Waals surface area contributed by atoms with Crippen molar-refractivity contribution < 1.29 is 19.2 Å². The molecule has 1 heterocycles. The molecule has 1 aromatic heterocycles. The summed E-state index contributed by atoms with van der Waals surface area (Å²) >= 11 is 3.25. The number of rotatable bonds is 6. The topological polar surface area (TPSA) is 120 Å². The SMILES string of the molecule is CCOc1cc(C#N)cc(Br)c1OC(=O)Cn1nc(C)c([N+](=O)[O-])c1C. The minimum absolute atomic E-state index is 0.131. The molecule has 9 nitrogen and oxygen atoms in total. The van der Waals surface area contributed by atoms with Crippen LogP contribution >= 0.6 is 15.9 Å². The first kappa shape index (κ1) is 19.4. The first-order chi connectivity index (χ1) is 12.3. The molecule has 2 rings (SSSR count). The van der Waals surface area contributed by atoms with E-state index in [0.29, 0.717) is 16.6 Å². The molecule has 0 saturated heterocycles. The lowest BCUT2D eigenvalue weighted by Crippen LogP contribution is -2.19. The zero-order valence-electron chi connectivity index (χ0n) is 14.3. The van der Waals surface area contributed by atoms with Crippen molar-refractivity contribution in [1.29, 1.82) is 5.26 Å². The van der Waals surface area contributed by atoms with Gasteiger partial charge < -0.3 is 9.47 Å². The fourth-order valence-corrected chi connectivity index (χ4v) is 2.89. The van der Waals surface area contributed by atoms with Gasteiger partial charge >= 0.3 is 11.7 Å². The second kappa shape index (κ2) is 7.97. The number of nitro groups is 1. The number of esters is 1. The minimum Gasteiger partial charge on any atom is -0.490 e. The predicted molar refractivity (Wildman–Crippen MR) is 94.0 cm³/mol. The number of aromatic nitrogens is 2. The van der Waals surface area contributed by atoms with E-state index in [1.807, 2.05) is 6.07 Å². The summed E-state index contributed by atoms with van der Waals surface area (Å²) in [6.45, 7) is 4.77. The fourth-order valence-electron chi connectivity index (χ4n) is 2.37. The van der Waals surface area contributed by atoms with Crippen LogP contribution in [0, 0.1) is 35.3 Å². The van der Waals surface area contributed by atoms with Gasteiger partial charge in [0.15, 0.2) is 11.5 Å². The van der Waals surface area contributed by atoms with E-state index in [-0.39, 0.29) is 35.1 Å². The monoisotopic (exact) mass is 422 g/mol. The molecule has 0 bridgehead atoms. The Morgan fingerprint density at radius 3 is 2.69 bits per heavy atom. The Bertz CT molecular complexity index is 916. The molecule has 0 atom stereocenters. The molecule has 26 heavy (non-hydrogen) atoms. The molecule has 1 aromatic carbocycles. The molecular formula is C16H15BrN4O5. The summed E-state index contributed by atoms with van der Waals surface area (Å²) in [6.07, 6.45) is 0. The zero-order valence-corrected chi connectivity index (χ0v) is 15.9. The van der Waals surface area contributed by atoms with Gasteiger partial charge in [0.1, 0.15) is 17.9 Å². The molecule has 0 aliphatic carbocycles. The lowest BCUT2D eigenvalue weighted by atomic mass is 10.2. The van der Waals surface area contributed by atoms with Crippen LogP contribution in [0.15, 0.2) is 16.6 Å². The molecule has 2 aromatic rings. The number of nitrogens with zero attached hydrogens (tertiary/aromatic N) is 4. The lowest BCUT2D eigenvalue weighted by molar-refractivity contribution is -0.386. The molecule has 0 unspecified atom stereocenters. The van der Waals surface area contributed by atoms with E-state index in [2.05, 4.69) is 21.0 Å². The maximum absolute atomic E-state index is 12.3. The van der Waals surface area contributed by atoms with E-state index in [1.54, 1.807) is 6.92 Å². The van der Waals surface area contributed by atoms with Crippen LogP contribution in [0.1, 0.15) is 23.9 Å². The molecule has 0 saturated carbocycles. The molecule has 0 N–H and O–H groups in total. The van der Waals surface area contributed by atoms with Gasteiger partial charge in [0.25, 0.3) is 0 Å². The third-order valence-electron chi connectivity index (χ3n) is 3.46. The average molecular weight is 423 g/mol. The number of benzene rings is 1.